The lowest BCUT2D eigenvalue weighted by molar-refractivity contribution is 0.607. The number of hydrogen-bond donors (Lipinski definition) is 0. The minimum atomic E-state index is -3.33. The Hall–Kier alpha value is -0.540. The molecule has 1 rings (SSSR count). The minimum Gasteiger partial charge on any atom is -0.212 e. The van der Waals surface area contributed by atoms with Crippen LogP contribution >= 0.6 is 10.7 Å². The SMILES string of the molecule is Cc1ccccc1CCCS(=O)(=O)Cl. The molecular formula is C10H13ClO2S. The van der Waals surface area contributed by atoms with Crippen LogP contribution in [0.1, 0.15) is 17.5 Å². The Kier molecular flexibility index (Phi) is 3.96. The van der Waals surface area contributed by atoms with E-state index in [4.69, 9.17) is 10.7 Å². The zero-order chi connectivity index (χ0) is 10.6. The number of halogens is 1. The van der Waals surface area contributed by atoms with Crippen molar-refractivity contribution >= 4 is 19.7 Å². The summed E-state index contributed by atoms with van der Waals surface area (Å²) < 4.78 is 21.3. The molecule has 0 fully saturated rings. The van der Waals surface area contributed by atoms with Crippen LogP contribution in [0, 0.1) is 6.92 Å². The summed E-state index contributed by atoms with van der Waals surface area (Å²) in [5, 5.41) is 0. The van der Waals surface area contributed by atoms with E-state index in [1.807, 2.05) is 31.2 Å². The quantitative estimate of drug-likeness (QED) is 0.748. The lowest BCUT2D eigenvalue weighted by Crippen LogP contribution is -1.99. The van der Waals surface area contributed by atoms with Crippen LogP contribution in [0.15, 0.2) is 24.3 Å². The second-order valence-corrected chi connectivity index (χ2v) is 6.17. The molecule has 0 aliphatic heterocycles. The zero-order valence-electron chi connectivity index (χ0n) is 8.03. The van der Waals surface area contributed by atoms with Crippen LogP contribution in [-0.2, 0) is 15.5 Å². The van der Waals surface area contributed by atoms with Gasteiger partial charge in [0.25, 0.3) is 0 Å². The molecule has 0 aliphatic carbocycles. The van der Waals surface area contributed by atoms with Gasteiger partial charge in [-0.05, 0) is 30.9 Å². The first-order chi connectivity index (χ1) is 6.49. The van der Waals surface area contributed by atoms with Gasteiger partial charge in [0, 0.05) is 10.7 Å². The maximum absolute atomic E-state index is 10.7. The average molecular weight is 233 g/mol. The van der Waals surface area contributed by atoms with Crippen molar-refractivity contribution in [3.63, 3.8) is 0 Å². The van der Waals surface area contributed by atoms with E-state index < -0.39 is 9.05 Å². The Morgan fingerprint density at radius 1 is 1.29 bits per heavy atom. The molecule has 0 aliphatic rings. The fourth-order valence-corrected chi connectivity index (χ4v) is 2.14. The van der Waals surface area contributed by atoms with Crippen LogP contribution in [-0.4, -0.2) is 14.2 Å². The number of rotatable bonds is 4. The summed E-state index contributed by atoms with van der Waals surface area (Å²) in [7, 11) is 1.78. The molecule has 0 spiro atoms. The van der Waals surface area contributed by atoms with Crippen molar-refractivity contribution in [2.75, 3.05) is 5.75 Å². The van der Waals surface area contributed by atoms with Gasteiger partial charge in [0.15, 0.2) is 0 Å². The molecule has 0 heterocycles. The molecule has 0 saturated heterocycles. The standard InChI is InChI=1S/C10H13ClO2S/c1-9-5-2-3-6-10(9)7-4-8-14(11,12)13/h2-3,5-6H,4,7-8H2,1H3. The van der Waals surface area contributed by atoms with Gasteiger partial charge in [-0.25, -0.2) is 8.42 Å². The number of aryl methyl sites for hydroxylation is 2. The third-order valence-electron chi connectivity index (χ3n) is 2.10. The third-order valence-corrected chi connectivity index (χ3v) is 3.33. The largest absolute Gasteiger partial charge is 0.232 e. The normalized spacial score (nSPS) is 11.6. The Morgan fingerprint density at radius 2 is 1.93 bits per heavy atom. The van der Waals surface area contributed by atoms with Gasteiger partial charge in [0.05, 0.1) is 5.75 Å². The molecule has 1 aromatic carbocycles. The summed E-state index contributed by atoms with van der Waals surface area (Å²) in [5.41, 5.74) is 2.38. The fraction of sp³-hybridized carbons (Fsp3) is 0.400. The van der Waals surface area contributed by atoms with Gasteiger partial charge in [0.1, 0.15) is 0 Å². The average Bonchev–Trinajstić information content (AvgIpc) is 2.06. The van der Waals surface area contributed by atoms with Crippen molar-refractivity contribution in [1.29, 1.82) is 0 Å². The monoisotopic (exact) mass is 232 g/mol. The highest BCUT2D eigenvalue weighted by atomic mass is 35.7. The Morgan fingerprint density at radius 3 is 2.50 bits per heavy atom. The lowest BCUT2D eigenvalue weighted by atomic mass is 10.1. The van der Waals surface area contributed by atoms with Gasteiger partial charge in [-0.2, -0.15) is 0 Å². The van der Waals surface area contributed by atoms with Crippen molar-refractivity contribution in [3.8, 4) is 0 Å². The van der Waals surface area contributed by atoms with Gasteiger partial charge >= 0.3 is 0 Å². The van der Waals surface area contributed by atoms with E-state index in [9.17, 15) is 8.42 Å². The predicted octanol–water partition coefficient (Wildman–Crippen LogP) is 2.50. The van der Waals surface area contributed by atoms with E-state index in [-0.39, 0.29) is 5.75 Å². The van der Waals surface area contributed by atoms with E-state index in [1.165, 1.54) is 11.1 Å². The highest BCUT2D eigenvalue weighted by Crippen LogP contribution is 2.10. The molecule has 0 aromatic heterocycles. The van der Waals surface area contributed by atoms with Gasteiger partial charge in [-0.15, -0.1) is 0 Å². The van der Waals surface area contributed by atoms with Gasteiger partial charge in [-0.3, -0.25) is 0 Å². The first kappa shape index (κ1) is 11.5. The van der Waals surface area contributed by atoms with Crippen LogP contribution in [0.4, 0.5) is 0 Å². The lowest BCUT2D eigenvalue weighted by Gasteiger charge is -2.03. The van der Waals surface area contributed by atoms with Crippen LogP contribution < -0.4 is 0 Å². The highest BCUT2D eigenvalue weighted by molar-refractivity contribution is 8.13. The van der Waals surface area contributed by atoms with Crippen molar-refractivity contribution in [3.05, 3.63) is 35.4 Å². The molecule has 2 nitrogen and oxygen atoms in total. The summed E-state index contributed by atoms with van der Waals surface area (Å²) in [6, 6.07) is 7.95. The molecule has 4 heteroatoms. The topological polar surface area (TPSA) is 34.1 Å². The van der Waals surface area contributed by atoms with Gasteiger partial charge in [-0.1, -0.05) is 24.3 Å². The molecule has 14 heavy (non-hydrogen) atoms. The molecule has 0 N–H and O–H groups in total. The molecule has 0 saturated carbocycles. The Labute approximate surface area is 89.3 Å². The van der Waals surface area contributed by atoms with E-state index in [1.54, 1.807) is 0 Å². The van der Waals surface area contributed by atoms with Crippen molar-refractivity contribution in [1.82, 2.24) is 0 Å². The predicted molar refractivity (Wildman–Crippen MR) is 59.1 cm³/mol. The first-order valence-corrected chi connectivity index (χ1v) is 6.94. The molecule has 1 aromatic rings. The van der Waals surface area contributed by atoms with E-state index >= 15 is 0 Å². The summed E-state index contributed by atoms with van der Waals surface area (Å²) in [4.78, 5) is 0. The smallest absolute Gasteiger partial charge is 0.212 e. The summed E-state index contributed by atoms with van der Waals surface area (Å²) in [6.45, 7) is 2.02. The summed E-state index contributed by atoms with van der Waals surface area (Å²) >= 11 is 0. The highest BCUT2D eigenvalue weighted by Gasteiger charge is 2.05. The molecule has 0 amide bonds. The third kappa shape index (κ3) is 4.11. The van der Waals surface area contributed by atoms with Crippen molar-refractivity contribution in [2.24, 2.45) is 0 Å². The van der Waals surface area contributed by atoms with Crippen LogP contribution in [0.25, 0.3) is 0 Å². The second kappa shape index (κ2) is 4.80. The van der Waals surface area contributed by atoms with E-state index in [0.717, 1.165) is 6.42 Å². The molecular weight excluding hydrogens is 220 g/mol. The molecule has 0 atom stereocenters. The van der Waals surface area contributed by atoms with E-state index in [0.29, 0.717) is 6.42 Å². The van der Waals surface area contributed by atoms with Crippen LogP contribution in [0.3, 0.4) is 0 Å². The Bertz CT molecular complexity index is 398. The molecule has 78 valence electrons. The summed E-state index contributed by atoms with van der Waals surface area (Å²) in [5.74, 6) is 0.0445. The van der Waals surface area contributed by atoms with Crippen molar-refractivity contribution < 1.29 is 8.42 Å². The van der Waals surface area contributed by atoms with Crippen molar-refractivity contribution in [2.45, 2.75) is 19.8 Å². The summed E-state index contributed by atoms with van der Waals surface area (Å²) in [6.07, 6.45) is 1.34. The van der Waals surface area contributed by atoms with Gasteiger partial charge < -0.3 is 0 Å². The second-order valence-electron chi connectivity index (χ2n) is 3.27. The van der Waals surface area contributed by atoms with E-state index in [2.05, 4.69) is 0 Å². The number of benzene rings is 1. The van der Waals surface area contributed by atoms with Crippen LogP contribution in [0.5, 0.6) is 0 Å². The molecule has 0 radical (unpaired) electrons. The molecule has 0 unspecified atom stereocenters. The van der Waals surface area contributed by atoms with Crippen LogP contribution in [0.2, 0.25) is 0 Å². The number of hydrogen-bond acceptors (Lipinski definition) is 2. The molecule has 0 bridgehead atoms. The minimum absolute atomic E-state index is 0.0445. The Balaban J connectivity index is 2.51. The first-order valence-electron chi connectivity index (χ1n) is 4.46. The van der Waals surface area contributed by atoms with Gasteiger partial charge in [0.2, 0.25) is 9.05 Å². The maximum atomic E-state index is 10.7. The maximum Gasteiger partial charge on any atom is 0.232 e. The zero-order valence-corrected chi connectivity index (χ0v) is 9.61. The fourth-order valence-electron chi connectivity index (χ4n) is 1.33.